The minimum Gasteiger partial charge on any atom is -0.372 e. The van der Waals surface area contributed by atoms with E-state index in [1.807, 2.05) is 0 Å². The average molecular weight is 225 g/mol. The maximum atomic E-state index is 5.38. The first-order valence-corrected chi connectivity index (χ1v) is 6.03. The number of nitrogens with one attached hydrogen (secondary N) is 1. The van der Waals surface area contributed by atoms with Crippen LogP contribution in [0.5, 0.6) is 0 Å². The van der Waals surface area contributed by atoms with E-state index in [0.29, 0.717) is 19.3 Å². The van der Waals surface area contributed by atoms with Crippen LogP contribution in [0.2, 0.25) is 0 Å². The molecule has 1 N–H and O–H groups in total. The highest BCUT2D eigenvalue weighted by molar-refractivity contribution is 7.11. The Balaban J connectivity index is 2.32. The summed E-state index contributed by atoms with van der Waals surface area (Å²) in [6.45, 7) is 10.2. The highest BCUT2D eigenvalue weighted by Gasteiger charge is 2.00. The molecule has 3 heteroatoms. The van der Waals surface area contributed by atoms with Gasteiger partial charge in [0.15, 0.2) is 0 Å². The van der Waals surface area contributed by atoms with Crippen molar-refractivity contribution >= 4 is 11.3 Å². The summed E-state index contributed by atoms with van der Waals surface area (Å²) in [5, 5.41) is 3.40. The van der Waals surface area contributed by atoms with Gasteiger partial charge in [-0.05, 0) is 12.1 Å². The van der Waals surface area contributed by atoms with Gasteiger partial charge in [0.25, 0.3) is 0 Å². The second-order valence-electron chi connectivity index (χ2n) is 3.71. The van der Waals surface area contributed by atoms with Gasteiger partial charge in [0.1, 0.15) is 0 Å². The number of ether oxygens (including phenoxy) is 1. The van der Waals surface area contributed by atoms with Crippen molar-refractivity contribution in [3.63, 3.8) is 0 Å². The van der Waals surface area contributed by atoms with Crippen molar-refractivity contribution in [3.05, 3.63) is 34.5 Å². The molecule has 0 spiro atoms. The van der Waals surface area contributed by atoms with E-state index in [-0.39, 0.29) is 0 Å². The second-order valence-corrected chi connectivity index (χ2v) is 4.96. The zero-order chi connectivity index (χ0) is 11.1. The quantitative estimate of drug-likeness (QED) is 0.569. The number of hydrogen-bond donors (Lipinski definition) is 1. The number of rotatable bonds is 7. The van der Waals surface area contributed by atoms with Crippen LogP contribution >= 0.6 is 11.3 Å². The summed E-state index contributed by atoms with van der Waals surface area (Å²) in [7, 11) is 0. The Labute approximate surface area is 96.0 Å². The fourth-order valence-corrected chi connectivity index (χ4v) is 2.05. The molecule has 0 saturated heterocycles. The van der Waals surface area contributed by atoms with Crippen LogP contribution in [0.25, 0.3) is 0 Å². The third-order valence-electron chi connectivity index (χ3n) is 1.88. The van der Waals surface area contributed by atoms with Gasteiger partial charge in [-0.15, -0.1) is 17.9 Å². The van der Waals surface area contributed by atoms with Gasteiger partial charge in [-0.2, -0.15) is 0 Å². The third-order valence-corrected chi connectivity index (χ3v) is 2.94. The van der Waals surface area contributed by atoms with Crippen LogP contribution in [0.1, 0.15) is 23.6 Å². The molecule has 0 unspecified atom stereocenters. The summed E-state index contributed by atoms with van der Waals surface area (Å²) in [6.07, 6.45) is 1.77. The summed E-state index contributed by atoms with van der Waals surface area (Å²) in [5.41, 5.74) is 0. The topological polar surface area (TPSA) is 21.3 Å². The lowest BCUT2D eigenvalue weighted by atomic mass is 10.3. The smallest absolute Gasteiger partial charge is 0.0813 e. The van der Waals surface area contributed by atoms with Crippen molar-refractivity contribution in [2.45, 2.75) is 33.0 Å². The molecule has 1 aromatic rings. The zero-order valence-electron chi connectivity index (χ0n) is 9.45. The molecule has 0 aromatic carbocycles. The fourth-order valence-electron chi connectivity index (χ4n) is 1.14. The molecule has 0 aliphatic heterocycles. The van der Waals surface area contributed by atoms with E-state index in [0.717, 1.165) is 6.54 Å². The first-order chi connectivity index (χ1) is 7.22. The van der Waals surface area contributed by atoms with E-state index >= 15 is 0 Å². The van der Waals surface area contributed by atoms with Gasteiger partial charge in [0.2, 0.25) is 0 Å². The van der Waals surface area contributed by atoms with Gasteiger partial charge >= 0.3 is 0 Å². The highest BCUT2D eigenvalue weighted by atomic mass is 32.1. The Hall–Kier alpha value is -0.640. The van der Waals surface area contributed by atoms with Crippen LogP contribution in [0, 0.1) is 0 Å². The molecule has 0 atom stereocenters. The Morgan fingerprint density at radius 2 is 2.20 bits per heavy atom. The molecule has 15 heavy (non-hydrogen) atoms. The molecule has 0 saturated carbocycles. The first kappa shape index (κ1) is 12.4. The number of thiophene rings is 1. The first-order valence-electron chi connectivity index (χ1n) is 5.22. The summed E-state index contributed by atoms with van der Waals surface area (Å²) >= 11 is 1.80. The lowest BCUT2D eigenvalue weighted by Gasteiger charge is -2.05. The molecule has 1 aromatic heterocycles. The van der Waals surface area contributed by atoms with E-state index in [1.165, 1.54) is 9.75 Å². The molecular weight excluding hydrogens is 206 g/mol. The molecule has 0 aliphatic rings. The van der Waals surface area contributed by atoms with Gasteiger partial charge in [-0.1, -0.05) is 19.9 Å². The number of hydrogen-bond acceptors (Lipinski definition) is 3. The standard InChI is InChI=1S/C12H19NOS/c1-4-7-14-9-12-6-5-11(15-12)8-13-10(2)3/h4-6,10,13H,1,7-9H2,2-3H3. The van der Waals surface area contributed by atoms with Crippen LogP contribution in [-0.2, 0) is 17.9 Å². The van der Waals surface area contributed by atoms with Crippen LogP contribution in [0.3, 0.4) is 0 Å². The fraction of sp³-hybridized carbons (Fsp3) is 0.500. The molecule has 0 bridgehead atoms. The SMILES string of the molecule is C=CCOCc1ccc(CNC(C)C)s1. The van der Waals surface area contributed by atoms with E-state index in [1.54, 1.807) is 17.4 Å². The van der Waals surface area contributed by atoms with Crippen molar-refractivity contribution in [2.75, 3.05) is 6.61 Å². The van der Waals surface area contributed by atoms with Crippen molar-refractivity contribution in [3.8, 4) is 0 Å². The lowest BCUT2D eigenvalue weighted by molar-refractivity contribution is 0.151. The predicted octanol–water partition coefficient (Wildman–Crippen LogP) is 2.95. The Morgan fingerprint density at radius 1 is 1.47 bits per heavy atom. The summed E-state index contributed by atoms with van der Waals surface area (Å²) in [5.74, 6) is 0. The Morgan fingerprint density at radius 3 is 2.87 bits per heavy atom. The lowest BCUT2D eigenvalue weighted by Crippen LogP contribution is -2.21. The van der Waals surface area contributed by atoms with E-state index < -0.39 is 0 Å². The van der Waals surface area contributed by atoms with Gasteiger partial charge in [-0.25, -0.2) is 0 Å². The maximum Gasteiger partial charge on any atom is 0.0813 e. The summed E-state index contributed by atoms with van der Waals surface area (Å²) in [4.78, 5) is 2.64. The molecular formula is C12H19NOS. The van der Waals surface area contributed by atoms with Crippen molar-refractivity contribution in [1.29, 1.82) is 0 Å². The molecule has 0 amide bonds. The minimum absolute atomic E-state index is 0.535. The minimum atomic E-state index is 0.535. The largest absolute Gasteiger partial charge is 0.372 e. The monoisotopic (exact) mass is 225 g/mol. The molecule has 2 nitrogen and oxygen atoms in total. The summed E-state index contributed by atoms with van der Waals surface area (Å²) < 4.78 is 5.38. The second kappa shape index (κ2) is 6.77. The molecule has 1 heterocycles. The van der Waals surface area contributed by atoms with Crippen molar-refractivity contribution in [2.24, 2.45) is 0 Å². The molecule has 1 rings (SSSR count). The Bertz CT molecular complexity index is 294. The van der Waals surface area contributed by atoms with Crippen LogP contribution < -0.4 is 5.32 Å². The van der Waals surface area contributed by atoms with Gasteiger partial charge < -0.3 is 10.1 Å². The van der Waals surface area contributed by atoms with Gasteiger partial charge in [0, 0.05) is 22.3 Å². The maximum absolute atomic E-state index is 5.38. The van der Waals surface area contributed by atoms with Crippen molar-refractivity contribution in [1.82, 2.24) is 5.32 Å². The van der Waals surface area contributed by atoms with Gasteiger partial charge in [0.05, 0.1) is 13.2 Å². The molecule has 84 valence electrons. The van der Waals surface area contributed by atoms with Crippen molar-refractivity contribution < 1.29 is 4.74 Å². The van der Waals surface area contributed by atoms with Crippen LogP contribution in [-0.4, -0.2) is 12.6 Å². The van der Waals surface area contributed by atoms with E-state index in [4.69, 9.17) is 4.74 Å². The normalized spacial score (nSPS) is 10.9. The summed E-state index contributed by atoms with van der Waals surface area (Å²) in [6, 6.07) is 4.82. The average Bonchev–Trinajstić information content (AvgIpc) is 2.63. The molecule has 0 fully saturated rings. The van der Waals surface area contributed by atoms with E-state index in [9.17, 15) is 0 Å². The van der Waals surface area contributed by atoms with Crippen LogP contribution in [0.15, 0.2) is 24.8 Å². The predicted molar refractivity (Wildman–Crippen MR) is 66.1 cm³/mol. The molecule has 0 aliphatic carbocycles. The van der Waals surface area contributed by atoms with Gasteiger partial charge in [-0.3, -0.25) is 0 Å². The van der Waals surface area contributed by atoms with E-state index in [2.05, 4.69) is 37.9 Å². The van der Waals surface area contributed by atoms with Crippen LogP contribution in [0.4, 0.5) is 0 Å². The zero-order valence-corrected chi connectivity index (χ0v) is 10.3. The highest BCUT2D eigenvalue weighted by Crippen LogP contribution is 2.17. The Kier molecular flexibility index (Phi) is 5.61. The third kappa shape index (κ3) is 5.11. The molecule has 0 radical (unpaired) electrons.